The Balaban J connectivity index is 1.41. The fourth-order valence-corrected chi connectivity index (χ4v) is 2.76. The number of hydrogen-bond donors (Lipinski definition) is 1. The molecule has 27 heavy (non-hydrogen) atoms. The van der Waals surface area contributed by atoms with Gasteiger partial charge in [0, 0.05) is 30.6 Å². The van der Waals surface area contributed by atoms with Gasteiger partial charge in [-0.05, 0) is 36.4 Å². The standard InChI is InChI=1S/C21H19N3O3/c1-2-17-9-10-19(27-17)21(25)23-15-6-5-7-18(12-15)26-14-16-13-24-11-4-3-8-20(24)22-16/h3-13H,2,14H2,1H3,(H,23,25). The van der Waals surface area contributed by atoms with E-state index in [-0.39, 0.29) is 5.91 Å². The Hall–Kier alpha value is -3.54. The number of furan rings is 1. The molecule has 4 aromatic rings. The fourth-order valence-electron chi connectivity index (χ4n) is 2.76. The lowest BCUT2D eigenvalue weighted by molar-refractivity contribution is 0.0995. The van der Waals surface area contributed by atoms with E-state index in [4.69, 9.17) is 9.15 Å². The first-order chi connectivity index (χ1) is 13.2. The van der Waals surface area contributed by atoms with Gasteiger partial charge in [0.05, 0.1) is 5.69 Å². The summed E-state index contributed by atoms with van der Waals surface area (Å²) in [4.78, 5) is 16.8. The largest absolute Gasteiger partial charge is 0.487 e. The first-order valence-electron chi connectivity index (χ1n) is 8.77. The van der Waals surface area contributed by atoms with Crippen LogP contribution in [0, 0.1) is 0 Å². The topological polar surface area (TPSA) is 68.8 Å². The molecule has 0 radical (unpaired) electrons. The Labute approximate surface area is 156 Å². The molecule has 0 saturated heterocycles. The number of amides is 1. The highest BCUT2D eigenvalue weighted by molar-refractivity contribution is 6.02. The highest BCUT2D eigenvalue weighted by Gasteiger charge is 2.11. The molecule has 0 bridgehead atoms. The first-order valence-corrected chi connectivity index (χ1v) is 8.77. The minimum Gasteiger partial charge on any atom is -0.487 e. The maximum atomic E-state index is 12.3. The lowest BCUT2D eigenvalue weighted by atomic mass is 10.3. The lowest BCUT2D eigenvalue weighted by Gasteiger charge is -2.07. The van der Waals surface area contributed by atoms with Crippen LogP contribution in [0.3, 0.4) is 0 Å². The van der Waals surface area contributed by atoms with Crippen molar-refractivity contribution >= 4 is 17.2 Å². The molecule has 6 heteroatoms. The summed E-state index contributed by atoms with van der Waals surface area (Å²) in [6.45, 7) is 2.32. The van der Waals surface area contributed by atoms with E-state index in [1.807, 2.05) is 60.1 Å². The van der Waals surface area contributed by atoms with Gasteiger partial charge in [-0.1, -0.05) is 19.1 Å². The quantitative estimate of drug-likeness (QED) is 0.555. The molecule has 0 saturated carbocycles. The molecule has 4 rings (SSSR count). The SMILES string of the molecule is CCc1ccc(C(=O)Nc2cccc(OCc3cn4ccccc4n3)c2)o1. The second-order valence-corrected chi connectivity index (χ2v) is 6.09. The van der Waals surface area contributed by atoms with Crippen LogP contribution < -0.4 is 10.1 Å². The number of rotatable bonds is 6. The van der Waals surface area contributed by atoms with Gasteiger partial charge >= 0.3 is 0 Å². The Morgan fingerprint density at radius 2 is 2.11 bits per heavy atom. The number of ether oxygens (including phenoxy) is 1. The van der Waals surface area contributed by atoms with Gasteiger partial charge < -0.3 is 18.9 Å². The molecule has 0 fully saturated rings. The van der Waals surface area contributed by atoms with Crippen molar-refractivity contribution in [3.05, 3.63) is 84.2 Å². The summed E-state index contributed by atoms with van der Waals surface area (Å²) in [5.74, 6) is 1.44. The minimum absolute atomic E-state index is 0.285. The van der Waals surface area contributed by atoms with Crippen molar-refractivity contribution in [3.8, 4) is 5.75 Å². The van der Waals surface area contributed by atoms with E-state index in [0.29, 0.717) is 23.8 Å². The van der Waals surface area contributed by atoms with Crippen molar-refractivity contribution in [2.45, 2.75) is 20.0 Å². The molecule has 3 heterocycles. The third-order valence-corrected chi connectivity index (χ3v) is 4.13. The summed E-state index contributed by atoms with van der Waals surface area (Å²) in [6, 6.07) is 16.6. The average molecular weight is 361 g/mol. The number of imidazole rings is 1. The monoisotopic (exact) mass is 361 g/mol. The number of carbonyl (C=O) groups is 1. The predicted molar refractivity (Wildman–Crippen MR) is 102 cm³/mol. The van der Waals surface area contributed by atoms with Crippen LogP contribution in [0.4, 0.5) is 5.69 Å². The highest BCUT2D eigenvalue weighted by atomic mass is 16.5. The van der Waals surface area contributed by atoms with Crippen LogP contribution >= 0.6 is 0 Å². The number of hydrogen-bond acceptors (Lipinski definition) is 4. The molecular formula is C21H19N3O3. The van der Waals surface area contributed by atoms with Crippen LogP contribution in [0.25, 0.3) is 5.65 Å². The molecular weight excluding hydrogens is 342 g/mol. The van der Waals surface area contributed by atoms with E-state index in [9.17, 15) is 4.79 Å². The number of aryl methyl sites for hydroxylation is 1. The number of nitrogens with one attached hydrogen (secondary N) is 1. The normalized spacial score (nSPS) is 10.9. The molecule has 0 atom stereocenters. The average Bonchev–Trinajstić information content (AvgIpc) is 3.33. The van der Waals surface area contributed by atoms with Crippen molar-refractivity contribution in [1.29, 1.82) is 0 Å². The van der Waals surface area contributed by atoms with E-state index < -0.39 is 0 Å². The fraction of sp³-hybridized carbons (Fsp3) is 0.143. The van der Waals surface area contributed by atoms with Gasteiger partial charge in [0.25, 0.3) is 5.91 Å². The van der Waals surface area contributed by atoms with Gasteiger partial charge in [0.2, 0.25) is 0 Å². The molecule has 6 nitrogen and oxygen atoms in total. The van der Waals surface area contributed by atoms with Crippen LogP contribution in [0.15, 0.2) is 71.4 Å². The molecule has 0 aliphatic carbocycles. The number of anilines is 1. The highest BCUT2D eigenvalue weighted by Crippen LogP contribution is 2.20. The molecule has 1 amide bonds. The number of pyridine rings is 1. The van der Waals surface area contributed by atoms with Crippen molar-refractivity contribution in [3.63, 3.8) is 0 Å². The molecule has 0 aliphatic rings. The van der Waals surface area contributed by atoms with Crippen molar-refractivity contribution in [2.24, 2.45) is 0 Å². The Kier molecular flexibility index (Phi) is 4.61. The van der Waals surface area contributed by atoms with Gasteiger partial charge in [-0.15, -0.1) is 0 Å². The minimum atomic E-state index is -0.285. The molecule has 0 aliphatic heterocycles. The molecule has 3 aromatic heterocycles. The predicted octanol–water partition coefficient (Wildman–Crippen LogP) is 4.32. The van der Waals surface area contributed by atoms with Gasteiger partial charge in [-0.25, -0.2) is 4.98 Å². The third-order valence-electron chi connectivity index (χ3n) is 4.13. The number of fused-ring (bicyclic) bond motifs is 1. The number of aromatic nitrogens is 2. The first kappa shape index (κ1) is 16.9. The maximum Gasteiger partial charge on any atom is 0.291 e. The number of carbonyl (C=O) groups excluding carboxylic acids is 1. The summed E-state index contributed by atoms with van der Waals surface area (Å²) in [6.07, 6.45) is 4.63. The second kappa shape index (κ2) is 7.37. The number of benzene rings is 1. The molecule has 1 N–H and O–H groups in total. The third kappa shape index (κ3) is 3.84. The van der Waals surface area contributed by atoms with Crippen molar-refractivity contribution < 1.29 is 13.9 Å². The van der Waals surface area contributed by atoms with Gasteiger partial charge in [0.15, 0.2) is 5.76 Å². The Bertz CT molecular complexity index is 1050. The molecule has 136 valence electrons. The summed E-state index contributed by atoms with van der Waals surface area (Å²) >= 11 is 0. The van der Waals surface area contributed by atoms with E-state index in [1.54, 1.807) is 18.2 Å². The lowest BCUT2D eigenvalue weighted by Crippen LogP contribution is -2.10. The smallest absolute Gasteiger partial charge is 0.291 e. The summed E-state index contributed by atoms with van der Waals surface area (Å²) < 4.78 is 13.2. The van der Waals surface area contributed by atoms with Crippen molar-refractivity contribution in [1.82, 2.24) is 9.38 Å². The maximum absolute atomic E-state index is 12.3. The molecule has 0 spiro atoms. The van der Waals surface area contributed by atoms with E-state index in [0.717, 1.165) is 23.5 Å². The second-order valence-electron chi connectivity index (χ2n) is 6.09. The van der Waals surface area contributed by atoms with Crippen LogP contribution in [0.5, 0.6) is 5.75 Å². The zero-order valence-corrected chi connectivity index (χ0v) is 14.9. The van der Waals surface area contributed by atoms with Gasteiger partial charge in [-0.2, -0.15) is 0 Å². The summed E-state index contributed by atoms with van der Waals surface area (Å²) in [5.41, 5.74) is 2.35. The summed E-state index contributed by atoms with van der Waals surface area (Å²) in [7, 11) is 0. The van der Waals surface area contributed by atoms with Gasteiger partial charge in [0.1, 0.15) is 23.8 Å². The molecule has 1 aromatic carbocycles. The Morgan fingerprint density at radius 1 is 1.19 bits per heavy atom. The van der Waals surface area contributed by atoms with Crippen LogP contribution in [-0.4, -0.2) is 15.3 Å². The van der Waals surface area contributed by atoms with Crippen molar-refractivity contribution in [2.75, 3.05) is 5.32 Å². The zero-order valence-electron chi connectivity index (χ0n) is 14.9. The van der Waals surface area contributed by atoms with E-state index in [1.165, 1.54) is 0 Å². The Morgan fingerprint density at radius 3 is 2.93 bits per heavy atom. The van der Waals surface area contributed by atoms with Crippen LogP contribution in [0.2, 0.25) is 0 Å². The van der Waals surface area contributed by atoms with E-state index in [2.05, 4.69) is 10.3 Å². The zero-order chi connectivity index (χ0) is 18.6. The van der Waals surface area contributed by atoms with Crippen LogP contribution in [0.1, 0.15) is 28.9 Å². The van der Waals surface area contributed by atoms with E-state index >= 15 is 0 Å². The van der Waals surface area contributed by atoms with Crippen LogP contribution in [-0.2, 0) is 13.0 Å². The van der Waals surface area contributed by atoms with Gasteiger partial charge in [-0.3, -0.25) is 4.79 Å². The number of nitrogens with zero attached hydrogens (tertiary/aromatic N) is 2. The molecule has 0 unspecified atom stereocenters. The summed E-state index contributed by atoms with van der Waals surface area (Å²) in [5, 5.41) is 2.82.